The number of fused-ring (bicyclic) bond motifs is 1. The van der Waals surface area contributed by atoms with Crippen LogP contribution in [0.4, 0.5) is 11.4 Å². The zero-order valence-corrected chi connectivity index (χ0v) is 23.3. The Morgan fingerprint density at radius 1 is 1.00 bits per heavy atom. The van der Waals surface area contributed by atoms with Crippen LogP contribution in [0.5, 0.6) is 0 Å². The Labute approximate surface area is 244 Å². The third-order valence-corrected chi connectivity index (χ3v) is 8.72. The topological polar surface area (TPSA) is 162 Å². The highest BCUT2D eigenvalue weighted by Crippen LogP contribution is 2.30. The van der Waals surface area contributed by atoms with Crippen molar-refractivity contribution in [3.05, 3.63) is 111 Å². The van der Waals surface area contributed by atoms with Crippen LogP contribution in [0.1, 0.15) is 5.56 Å². The minimum atomic E-state index is -3.94. The fourth-order valence-corrected chi connectivity index (χ4v) is 6.08. The Bertz CT molecular complexity index is 2020. The van der Waals surface area contributed by atoms with Gasteiger partial charge in [0.2, 0.25) is 10.0 Å². The number of sulfonamides is 1. The summed E-state index contributed by atoms with van der Waals surface area (Å²) in [5, 5.41) is 21.4. The Hall–Kier alpha value is -5.18. The minimum Gasteiger partial charge on any atom is -0.422 e. The lowest BCUT2D eigenvalue weighted by atomic mass is 10.1. The largest absolute Gasteiger partial charge is 0.422 e. The van der Waals surface area contributed by atoms with Gasteiger partial charge in [0.1, 0.15) is 17.0 Å². The minimum absolute atomic E-state index is 0.0237. The van der Waals surface area contributed by atoms with Crippen molar-refractivity contribution in [3.63, 3.8) is 0 Å². The van der Waals surface area contributed by atoms with E-state index >= 15 is 0 Å². The number of hydrogen-bond acceptors (Lipinski definition) is 10. The number of morpholine rings is 1. The molecule has 0 radical (unpaired) electrons. The van der Waals surface area contributed by atoms with Gasteiger partial charge in [0.15, 0.2) is 0 Å². The van der Waals surface area contributed by atoms with E-state index in [1.54, 1.807) is 29.1 Å². The van der Waals surface area contributed by atoms with E-state index in [-0.39, 0.29) is 48.1 Å². The van der Waals surface area contributed by atoms with Crippen molar-refractivity contribution in [2.45, 2.75) is 4.90 Å². The Morgan fingerprint density at radius 2 is 1.74 bits per heavy atom. The second-order valence-electron chi connectivity index (χ2n) is 9.52. The fraction of sp³-hybridized carbons (Fsp3) is 0.138. The number of nitro groups is 1. The first-order chi connectivity index (χ1) is 20.8. The van der Waals surface area contributed by atoms with Gasteiger partial charge >= 0.3 is 5.63 Å². The van der Waals surface area contributed by atoms with E-state index in [2.05, 4.69) is 15.6 Å². The van der Waals surface area contributed by atoms with Gasteiger partial charge in [-0.1, -0.05) is 36.4 Å². The van der Waals surface area contributed by atoms with E-state index in [4.69, 9.17) is 9.15 Å². The number of anilines is 1. The molecule has 6 rings (SSSR count). The fourth-order valence-electron chi connectivity index (χ4n) is 4.66. The average molecular weight is 601 g/mol. The second-order valence-corrected chi connectivity index (χ2v) is 11.5. The summed E-state index contributed by atoms with van der Waals surface area (Å²) in [6.45, 7) is 0.823. The van der Waals surface area contributed by atoms with Crippen LogP contribution in [0.2, 0.25) is 0 Å². The Morgan fingerprint density at radius 3 is 2.51 bits per heavy atom. The first-order valence-corrected chi connectivity index (χ1v) is 14.6. The first kappa shape index (κ1) is 28.0. The number of benzene rings is 3. The molecule has 0 bridgehead atoms. The molecule has 1 aliphatic heterocycles. The predicted octanol–water partition coefficient (Wildman–Crippen LogP) is 4.02. The highest BCUT2D eigenvalue weighted by molar-refractivity contribution is 7.89. The molecule has 1 saturated heterocycles. The highest BCUT2D eigenvalue weighted by atomic mass is 32.2. The normalized spacial score (nSPS) is 14.3. The van der Waals surface area contributed by atoms with Crippen molar-refractivity contribution in [2.75, 3.05) is 31.7 Å². The molecular formula is C29H24N6O7S. The van der Waals surface area contributed by atoms with E-state index in [0.717, 1.165) is 11.8 Å². The smallest absolute Gasteiger partial charge is 0.345 e. The number of rotatable bonds is 8. The summed E-state index contributed by atoms with van der Waals surface area (Å²) in [5.74, 6) is 0. The van der Waals surface area contributed by atoms with Crippen LogP contribution >= 0.6 is 0 Å². The van der Waals surface area contributed by atoms with Crippen molar-refractivity contribution in [3.8, 4) is 16.9 Å². The highest BCUT2D eigenvalue weighted by Gasteiger charge is 2.29. The predicted molar refractivity (Wildman–Crippen MR) is 159 cm³/mol. The Kier molecular flexibility index (Phi) is 7.54. The van der Waals surface area contributed by atoms with Crippen molar-refractivity contribution in [2.24, 2.45) is 5.10 Å². The van der Waals surface area contributed by atoms with Gasteiger partial charge in [-0.25, -0.2) is 17.9 Å². The van der Waals surface area contributed by atoms with Crippen LogP contribution in [0, 0.1) is 10.1 Å². The molecular weight excluding hydrogens is 576 g/mol. The number of nitrogens with one attached hydrogen (secondary N) is 1. The number of hydrazone groups is 1. The third-order valence-electron chi connectivity index (χ3n) is 6.82. The molecule has 0 spiro atoms. The molecule has 14 heteroatoms. The Balaban J connectivity index is 1.35. The van der Waals surface area contributed by atoms with Gasteiger partial charge in [0.05, 0.1) is 40.5 Å². The molecule has 3 aromatic carbocycles. The van der Waals surface area contributed by atoms with E-state index in [9.17, 15) is 23.3 Å². The lowest BCUT2D eigenvalue weighted by molar-refractivity contribution is -0.384. The quantitative estimate of drug-likeness (QED) is 0.120. The standard InChI is InChI=1S/C29H24N6O7S/c36-29-24(16-20-6-4-5-9-27(20)42-29)28-21(19-34(32-28)22-7-2-1-3-8-22)18-30-31-25-11-10-23(17-26(25)35(37)38)43(39,40)33-12-14-41-15-13-33/h1-11,16-19,31H,12-15H2/b30-18-. The molecule has 1 N–H and O–H groups in total. The molecule has 1 fully saturated rings. The van der Waals surface area contributed by atoms with Crippen LogP contribution in [-0.2, 0) is 14.8 Å². The van der Waals surface area contributed by atoms with Gasteiger partial charge in [0.25, 0.3) is 5.69 Å². The van der Waals surface area contributed by atoms with Gasteiger partial charge in [-0.2, -0.15) is 14.5 Å². The van der Waals surface area contributed by atoms with Crippen molar-refractivity contribution < 1.29 is 22.5 Å². The number of para-hydroxylation sites is 2. The van der Waals surface area contributed by atoms with Crippen molar-refractivity contribution >= 4 is 38.6 Å². The molecule has 0 aliphatic carbocycles. The van der Waals surface area contributed by atoms with Crippen LogP contribution in [-0.4, -0.2) is 59.9 Å². The zero-order valence-electron chi connectivity index (χ0n) is 22.5. The lowest BCUT2D eigenvalue weighted by Gasteiger charge is -2.26. The lowest BCUT2D eigenvalue weighted by Crippen LogP contribution is -2.40. The van der Waals surface area contributed by atoms with Crippen LogP contribution in [0.3, 0.4) is 0 Å². The van der Waals surface area contributed by atoms with Gasteiger partial charge in [-0.3, -0.25) is 15.5 Å². The molecule has 0 saturated carbocycles. The summed E-state index contributed by atoms with van der Waals surface area (Å²) in [4.78, 5) is 24.0. The zero-order chi connectivity index (χ0) is 30.0. The van der Waals surface area contributed by atoms with Crippen LogP contribution in [0.15, 0.2) is 104 Å². The number of nitro benzene ring substituents is 1. The molecule has 3 heterocycles. The van der Waals surface area contributed by atoms with Crippen molar-refractivity contribution in [1.29, 1.82) is 0 Å². The molecule has 13 nitrogen and oxygen atoms in total. The summed E-state index contributed by atoms with van der Waals surface area (Å²) in [5.41, 5.74) is 3.63. The van der Waals surface area contributed by atoms with Crippen LogP contribution < -0.4 is 11.1 Å². The SMILES string of the molecule is O=c1oc2ccccc2cc1-c1nn(-c2ccccc2)cc1/C=N\Nc1ccc(S(=O)(=O)N2CCOCC2)cc1[N+](=O)[O-]. The maximum atomic E-state index is 13.0. The van der Waals surface area contributed by atoms with Gasteiger partial charge in [0, 0.05) is 36.3 Å². The van der Waals surface area contributed by atoms with E-state index in [1.165, 1.54) is 22.7 Å². The number of hydrogen-bond donors (Lipinski definition) is 1. The van der Waals surface area contributed by atoms with Gasteiger partial charge in [-0.15, -0.1) is 0 Å². The van der Waals surface area contributed by atoms with E-state index < -0.39 is 26.3 Å². The summed E-state index contributed by atoms with van der Waals surface area (Å²) >= 11 is 0. The second kappa shape index (κ2) is 11.6. The third kappa shape index (κ3) is 5.66. The van der Waals surface area contributed by atoms with E-state index in [1.807, 2.05) is 42.5 Å². The molecule has 0 unspecified atom stereocenters. The molecule has 0 amide bonds. The molecule has 2 aromatic heterocycles. The maximum Gasteiger partial charge on any atom is 0.345 e. The molecule has 43 heavy (non-hydrogen) atoms. The number of aromatic nitrogens is 2. The summed E-state index contributed by atoms with van der Waals surface area (Å²) in [6.07, 6.45) is 3.04. The molecule has 5 aromatic rings. The van der Waals surface area contributed by atoms with Gasteiger partial charge in [-0.05, 0) is 36.4 Å². The van der Waals surface area contributed by atoms with Gasteiger partial charge < -0.3 is 9.15 Å². The average Bonchev–Trinajstić information content (AvgIpc) is 3.45. The van der Waals surface area contributed by atoms with E-state index in [0.29, 0.717) is 16.5 Å². The first-order valence-electron chi connectivity index (χ1n) is 13.1. The summed E-state index contributed by atoms with van der Waals surface area (Å²) < 4.78 is 39.6. The molecule has 218 valence electrons. The summed E-state index contributed by atoms with van der Waals surface area (Å²) in [6, 6.07) is 21.6. The molecule has 0 atom stereocenters. The number of ether oxygens (including phenoxy) is 1. The maximum absolute atomic E-state index is 13.0. The monoisotopic (exact) mass is 600 g/mol. The number of nitrogens with zero attached hydrogens (tertiary/aromatic N) is 5. The molecule has 1 aliphatic rings. The van der Waals surface area contributed by atoms with Crippen LogP contribution in [0.25, 0.3) is 27.9 Å². The van der Waals surface area contributed by atoms with Crippen molar-refractivity contribution in [1.82, 2.24) is 14.1 Å². The summed E-state index contributed by atoms with van der Waals surface area (Å²) in [7, 11) is -3.94.